The predicted molar refractivity (Wildman–Crippen MR) is 50.6 cm³/mol. The highest BCUT2D eigenvalue weighted by Gasteiger charge is 2.38. The molecular formula is C10H13NO4. The van der Waals surface area contributed by atoms with E-state index >= 15 is 0 Å². The molecule has 2 aliphatic heterocycles. The van der Waals surface area contributed by atoms with Crippen molar-refractivity contribution in [2.45, 2.75) is 25.4 Å². The highest BCUT2D eigenvalue weighted by molar-refractivity contribution is 5.94. The zero-order valence-electron chi connectivity index (χ0n) is 8.52. The van der Waals surface area contributed by atoms with Crippen LogP contribution in [0.3, 0.4) is 0 Å². The van der Waals surface area contributed by atoms with Crippen LogP contribution in [0.4, 0.5) is 0 Å². The van der Waals surface area contributed by atoms with Crippen molar-refractivity contribution in [1.29, 1.82) is 0 Å². The molecule has 0 aliphatic carbocycles. The summed E-state index contributed by atoms with van der Waals surface area (Å²) < 4.78 is 4.64. The maximum absolute atomic E-state index is 11.5. The Kier molecular flexibility index (Phi) is 2.48. The van der Waals surface area contributed by atoms with Crippen LogP contribution in [0.2, 0.25) is 0 Å². The minimum atomic E-state index is -0.705. The number of nitrogens with zero attached hydrogens (tertiary/aromatic N) is 1. The maximum Gasteiger partial charge on any atom is 0.335 e. The first kappa shape index (κ1) is 10.2. The Morgan fingerprint density at radius 2 is 2.27 bits per heavy atom. The van der Waals surface area contributed by atoms with Gasteiger partial charge < -0.3 is 14.7 Å². The summed E-state index contributed by atoms with van der Waals surface area (Å²) in [5.74, 6) is -0.461. The Balaban J connectivity index is 2.41. The molecule has 1 atom stereocenters. The van der Waals surface area contributed by atoms with Crippen molar-refractivity contribution in [3.63, 3.8) is 0 Å². The van der Waals surface area contributed by atoms with Crippen LogP contribution in [0.25, 0.3) is 0 Å². The van der Waals surface area contributed by atoms with Gasteiger partial charge in [-0.25, -0.2) is 4.79 Å². The van der Waals surface area contributed by atoms with Gasteiger partial charge in [0.2, 0.25) is 5.91 Å². The lowest BCUT2D eigenvalue weighted by Gasteiger charge is -2.26. The summed E-state index contributed by atoms with van der Waals surface area (Å²) in [5.41, 5.74) is 0.903. The fourth-order valence-corrected chi connectivity index (χ4v) is 2.14. The molecule has 0 aromatic rings. The molecule has 1 fully saturated rings. The number of methoxy groups -OCH3 is 1. The first-order valence-electron chi connectivity index (χ1n) is 4.95. The second kappa shape index (κ2) is 3.66. The van der Waals surface area contributed by atoms with E-state index in [1.165, 1.54) is 12.0 Å². The van der Waals surface area contributed by atoms with Crippen molar-refractivity contribution in [1.82, 2.24) is 4.90 Å². The second-order valence-electron chi connectivity index (χ2n) is 3.71. The number of esters is 1. The van der Waals surface area contributed by atoms with Gasteiger partial charge in [0.1, 0.15) is 0 Å². The van der Waals surface area contributed by atoms with E-state index in [1.807, 2.05) is 0 Å². The average Bonchev–Trinajstić information content (AvgIpc) is 2.62. The van der Waals surface area contributed by atoms with Crippen molar-refractivity contribution >= 4 is 11.9 Å². The molecule has 1 saturated heterocycles. The van der Waals surface area contributed by atoms with Crippen LogP contribution in [-0.4, -0.2) is 41.6 Å². The van der Waals surface area contributed by atoms with Crippen molar-refractivity contribution in [3.05, 3.63) is 11.3 Å². The van der Waals surface area contributed by atoms with E-state index in [0.29, 0.717) is 37.1 Å². The summed E-state index contributed by atoms with van der Waals surface area (Å²) in [6.45, 7) is 0.496. The maximum atomic E-state index is 11.5. The Morgan fingerprint density at radius 3 is 2.93 bits per heavy atom. The summed E-state index contributed by atoms with van der Waals surface area (Å²) in [6, 6.07) is 0. The van der Waals surface area contributed by atoms with Crippen LogP contribution >= 0.6 is 0 Å². The van der Waals surface area contributed by atoms with E-state index in [9.17, 15) is 14.7 Å². The summed E-state index contributed by atoms with van der Waals surface area (Å²) in [6.07, 6.45) is 0.486. The largest absolute Gasteiger partial charge is 0.466 e. The predicted octanol–water partition coefficient (Wildman–Crippen LogP) is -0.200. The van der Waals surface area contributed by atoms with E-state index in [-0.39, 0.29) is 5.91 Å². The molecule has 15 heavy (non-hydrogen) atoms. The first-order valence-corrected chi connectivity index (χ1v) is 4.95. The molecule has 0 aromatic heterocycles. The quantitative estimate of drug-likeness (QED) is 0.610. The van der Waals surface area contributed by atoms with Crippen molar-refractivity contribution in [2.24, 2.45) is 0 Å². The number of hydrogen-bond acceptors (Lipinski definition) is 4. The number of fused-ring (bicyclic) bond motifs is 1. The van der Waals surface area contributed by atoms with Crippen molar-refractivity contribution in [2.75, 3.05) is 13.7 Å². The minimum absolute atomic E-state index is 0.0193. The molecular weight excluding hydrogens is 198 g/mol. The number of carbonyl (C=O) groups excluding carboxylic acids is 2. The number of aliphatic hydroxyl groups excluding tert-OH is 1. The van der Waals surface area contributed by atoms with Gasteiger partial charge in [0.05, 0.1) is 24.5 Å². The van der Waals surface area contributed by atoms with E-state index in [0.717, 1.165) is 0 Å². The third kappa shape index (κ3) is 1.52. The Hall–Kier alpha value is -1.36. The first-order chi connectivity index (χ1) is 7.15. The monoisotopic (exact) mass is 211 g/mol. The molecule has 5 heteroatoms. The molecule has 0 aromatic carbocycles. The van der Waals surface area contributed by atoms with Gasteiger partial charge in [-0.1, -0.05) is 0 Å². The molecule has 1 amide bonds. The number of amides is 1. The van der Waals surface area contributed by atoms with Crippen LogP contribution in [0.1, 0.15) is 19.3 Å². The van der Waals surface area contributed by atoms with Gasteiger partial charge in [0, 0.05) is 13.0 Å². The summed E-state index contributed by atoms with van der Waals surface area (Å²) in [5, 5.41) is 9.70. The van der Waals surface area contributed by atoms with Crippen molar-refractivity contribution < 1.29 is 19.4 Å². The Labute approximate surface area is 87.3 Å². The zero-order valence-corrected chi connectivity index (χ0v) is 8.52. The van der Waals surface area contributed by atoms with Gasteiger partial charge in [-0.3, -0.25) is 4.79 Å². The molecule has 2 rings (SSSR count). The lowest BCUT2D eigenvalue weighted by atomic mass is 10.0. The summed E-state index contributed by atoms with van der Waals surface area (Å²) in [7, 11) is 1.30. The molecule has 0 unspecified atom stereocenters. The van der Waals surface area contributed by atoms with Gasteiger partial charge >= 0.3 is 5.97 Å². The summed E-state index contributed by atoms with van der Waals surface area (Å²) >= 11 is 0. The SMILES string of the molecule is COC(=O)C1=C2[C@@H](O)CCN2C(=O)CC1. The highest BCUT2D eigenvalue weighted by atomic mass is 16.5. The lowest BCUT2D eigenvalue weighted by Crippen LogP contribution is -2.34. The summed E-state index contributed by atoms with van der Waals surface area (Å²) in [4.78, 5) is 24.4. The highest BCUT2D eigenvalue weighted by Crippen LogP contribution is 2.32. The van der Waals surface area contributed by atoms with E-state index in [4.69, 9.17) is 0 Å². The van der Waals surface area contributed by atoms with E-state index in [2.05, 4.69) is 4.74 Å². The fraction of sp³-hybridized carbons (Fsp3) is 0.600. The molecule has 2 heterocycles. The van der Waals surface area contributed by atoms with Crippen LogP contribution < -0.4 is 0 Å². The third-order valence-corrected chi connectivity index (χ3v) is 2.86. The van der Waals surface area contributed by atoms with Crippen LogP contribution in [-0.2, 0) is 14.3 Å². The fourth-order valence-electron chi connectivity index (χ4n) is 2.14. The van der Waals surface area contributed by atoms with Gasteiger partial charge in [0.25, 0.3) is 0 Å². The molecule has 5 nitrogen and oxygen atoms in total. The number of rotatable bonds is 1. The van der Waals surface area contributed by atoms with E-state index in [1.54, 1.807) is 0 Å². The minimum Gasteiger partial charge on any atom is -0.466 e. The molecule has 0 radical (unpaired) electrons. The lowest BCUT2D eigenvalue weighted by molar-refractivity contribution is -0.137. The molecule has 0 bridgehead atoms. The molecule has 2 aliphatic rings. The molecule has 0 spiro atoms. The third-order valence-electron chi connectivity index (χ3n) is 2.86. The molecule has 82 valence electrons. The van der Waals surface area contributed by atoms with Crippen LogP contribution in [0.5, 0.6) is 0 Å². The topological polar surface area (TPSA) is 66.8 Å². The van der Waals surface area contributed by atoms with Gasteiger partial charge in [-0.15, -0.1) is 0 Å². The Bertz CT molecular complexity index is 347. The molecule has 1 N–H and O–H groups in total. The van der Waals surface area contributed by atoms with Gasteiger partial charge in [0.15, 0.2) is 0 Å². The number of hydrogen-bond donors (Lipinski definition) is 1. The van der Waals surface area contributed by atoms with Crippen LogP contribution in [0.15, 0.2) is 11.3 Å². The van der Waals surface area contributed by atoms with Crippen LogP contribution in [0, 0.1) is 0 Å². The molecule has 0 saturated carbocycles. The average molecular weight is 211 g/mol. The smallest absolute Gasteiger partial charge is 0.335 e. The zero-order chi connectivity index (χ0) is 11.0. The Morgan fingerprint density at radius 1 is 1.53 bits per heavy atom. The standard InChI is InChI=1S/C10H13NO4/c1-15-10(14)6-2-3-8(13)11-5-4-7(12)9(6)11/h7,12H,2-5H2,1H3/t7-/m0/s1. The number of aliphatic hydroxyl groups is 1. The van der Waals surface area contributed by atoms with Gasteiger partial charge in [-0.2, -0.15) is 0 Å². The van der Waals surface area contributed by atoms with E-state index < -0.39 is 12.1 Å². The second-order valence-corrected chi connectivity index (χ2v) is 3.71. The normalized spacial score (nSPS) is 25.6. The number of carbonyl (C=O) groups is 2. The van der Waals surface area contributed by atoms with Crippen molar-refractivity contribution in [3.8, 4) is 0 Å². The van der Waals surface area contributed by atoms with Gasteiger partial charge in [-0.05, 0) is 12.8 Å². The number of ether oxygens (including phenoxy) is 1.